The Labute approximate surface area is 103 Å². The number of amides is 1. The summed E-state index contributed by atoms with van der Waals surface area (Å²) in [6.07, 6.45) is 0.572. The van der Waals surface area contributed by atoms with E-state index in [2.05, 4.69) is 10.6 Å². The summed E-state index contributed by atoms with van der Waals surface area (Å²) < 4.78 is 17.4. The number of carbonyl (C=O) groups excluding carboxylic acids is 2. The average molecular weight is 252 g/mol. The smallest absolute Gasteiger partial charge is 0.323 e. The minimum absolute atomic E-state index is 0.0111. The Morgan fingerprint density at radius 3 is 2.72 bits per heavy atom. The molecule has 1 aromatic carbocycles. The lowest BCUT2D eigenvalue weighted by atomic mass is 10.2. The summed E-state index contributed by atoms with van der Waals surface area (Å²) in [5.74, 6) is -0.981. The van der Waals surface area contributed by atoms with E-state index < -0.39 is 6.04 Å². The molecule has 6 heteroatoms. The quantitative estimate of drug-likeness (QED) is 0.773. The zero-order chi connectivity index (χ0) is 13.0. The minimum Gasteiger partial charge on any atom is -0.464 e. The van der Waals surface area contributed by atoms with Crippen LogP contribution >= 0.6 is 0 Å². The number of hydrogen-bond acceptors (Lipinski definition) is 4. The van der Waals surface area contributed by atoms with E-state index in [1.165, 1.54) is 24.3 Å². The van der Waals surface area contributed by atoms with Crippen LogP contribution in [0.1, 0.15) is 6.42 Å². The normalized spacial score (nSPS) is 18.5. The van der Waals surface area contributed by atoms with Crippen molar-refractivity contribution in [3.05, 3.63) is 30.1 Å². The van der Waals surface area contributed by atoms with Crippen LogP contribution in [0, 0.1) is 5.82 Å². The fraction of sp³-hybridized carbons (Fsp3) is 0.333. The highest BCUT2D eigenvalue weighted by Crippen LogP contribution is 2.08. The molecule has 0 aromatic heterocycles. The van der Waals surface area contributed by atoms with Gasteiger partial charge in [0, 0.05) is 12.1 Å². The van der Waals surface area contributed by atoms with E-state index in [1.54, 1.807) is 0 Å². The molecule has 96 valence electrons. The van der Waals surface area contributed by atoms with Crippen LogP contribution in [0.25, 0.3) is 0 Å². The number of benzene rings is 1. The molecule has 0 bridgehead atoms. The highest BCUT2D eigenvalue weighted by atomic mass is 19.1. The van der Waals surface area contributed by atoms with E-state index >= 15 is 0 Å². The molecule has 0 spiro atoms. The molecule has 1 amide bonds. The number of rotatable bonds is 4. The maximum absolute atomic E-state index is 12.6. The van der Waals surface area contributed by atoms with Crippen molar-refractivity contribution >= 4 is 17.6 Å². The van der Waals surface area contributed by atoms with Crippen molar-refractivity contribution in [2.75, 3.05) is 18.5 Å². The topological polar surface area (TPSA) is 67.4 Å². The number of halogens is 1. The molecule has 1 heterocycles. The number of cyclic esters (lactones) is 1. The first-order valence-electron chi connectivity index (χ1n) is 5.60. The van der Waals surface area contributed by atoms with Crippen molar-refractivity contribution in [2.24, 2.45) is 0 Å². The molecule has 0 radical (unpaired) electrons. The second-order valence-corrected chi connectivity index (χ2v) is 3.94. The Balaban J connectivity index is 1.78. The second kappa shape index (κ2) is 5.59. The number of anilines is 1. The lowest BCUT2D eigenvalue weighted by molar-refractivity contribution is -0.139. The summed E-state index contributed by atoms with van der Waals surface area (Å²) in [5, 5.41) is 5.39. The SMILES string of the molecule is O=C(CNC1CCOC1=O)Nc1ccc(F)cc1. The first-order chi connectivity index (χ1) is 8.65. The maximum atomic E-state index is 12.6. The van der Waals surface area contributed by atoms with Crippen molar-refractivity contribution < 1.29 is 18.7 Å². The van der Waals surface area contributed by atoms with Gasteiger partial charge in [0.25, 0.3) is 0 Å². The Morgan fingerprint density at radius 2 is 2.11 bits per heavy atom. The van der Waals surface area contributed by atoms with Crippen LogP contribution in [0.15, 0.2) is 24.3 Å². The molecule has 5 nitrogen and oxygen atoms in total. The zero-order valence-corrected chi connectivity index (χ0v) is 9.61. The lowest BCUT2D eigenvalue weighted by Crippen LogP contribution is -2.38. The Bertz CT molecular complexity index is 447. The van der Waals surface area contributed by atoms with Crippen molar-refractivity contribution in [3.63, 3.8) is 0 Å². The number of hydrogen-bond donors (Lipinski definition) is 2. The van der Waals surface area contributed by atoms with Gasteiger partial charge in [0.1, 0.15) is 11.9 Å². The number of nitrogens with one attached hydrogen (secondary N) is 2. The van der Waals surface area contributed by atoms with Gasteiger partial charge >= 0.3 is 5.97 Å². The lowest BCUT2D eigenvalue weighted by Gasteiger charge is -2.09. The molecular weight excluding hydrogens is 239 g/mol. The summed E-state index contributed by atoms with van der Waals surface area (Å²) in [4.78, 5) is 22.7. The monoisotopic (exact) mass is 252 g/mol. The second-order valence-electron chi connectivity index (χ2n) is 3.94. The molecule has 0 aliphatic carbocycles. The number of esters is 1. The van der Waals surface area contributed by atoms with Crippen LogP contribution in [0.5, 0.6) is 0 Å². The van der Waals surface area contributed by atoms with Crippen molar-refractivity contribution in [3.8, 4) is 0 Å². The van der Waals surface area contributed by atoms with Gasteiger partial charge < -0.3 is 10.1 Å². The number of carbonyl (C=O) groups is 2. The molecule has 1 aliphatic heterocycles. The molecule has 18 heavy (non-hydrogen) atoms. The van der Waals surface area contributed by atoms with E-state index in [1.807, 2.05) is 0 Å². The van der Waals surface area contributed by atoms with Gasteiger partial charge in [-0.05, 0) is 24.3 Å². The minimum atomic E-state index is -0.413. The standard InChI is InChI=1S/C12H13FN2O3/c13-8-1-3-9(4-2-8)15-11(16)7-14-10-5-6-18-12(10)17/h1-4,10,14H,5-7H2,(H,15,16). The molecule has 2 rings (SSSR count). The first kappa shape index (κ1) is 12.5. The molecule has 1 aliphatic rings. The predicted octanol–water partition coefficient (Wildman–Crippen LogP) is 0.669. The number of ether oxygens (including phenoxy) is 1. The van der Waals surface area contributed by atoms with Crippen LogP contribution in [-0.4, -0.2) is 31.1 Å². The first-order valence-corrected chi connectivity index (χ1v) is 5.60. The van der Waals surface area contributed by atoms with Crippen LogP contribution in [0.4, 0.5) is 10.1 Å². The largest absolute Gasteiger partial charge is 0.464 e. The van der Waals surface area contributed by atoms with Crippen molar-refractivity contribution in [2.45, 2.75) is 12.5 Å². The van der Waals surface area contributed by atoms with Gasteiger partial charge in [-0.25, -0.2) is 4.39 Å². The molecule has 1 saturated heterocycles. The van der Waals surface area contributed by atoms with Crippen molar-refractivity contribution in [1.29, 1.82) is 0 Å². The molecule has 2 N–H and O–H groups in total. The summed E-state index contributed by atoms with van der Waals surface area (Å²) in [7, 11) is 0. The summed E-state index contributed by atoms with van der Waals surface area (Å²) in [6, 6.07) is 5.05. The summed E-state index contributed by atoms with van der Waals surface area (Å²) in [6.45, 7) is 0.396. The molecule has 1 aromatic rings. The summed E-state index contributed by atoms with van der Waals surface area (Å²) >= 11 is 0. The van der Waals surface area contributed by atoms with Crippen LogP contribution in [-0.2, 0) is 14.3 Å². The van der Waals surface area contributed by atoms with Crippen molar-refractivity contribution in [1.82, 2.24) is 5.32 Å². The highest BCUT2D eigenvalue weighted by molar-refractivity contribution is 5.92. The van der Waals surface area contributed by atoms with E-state index in [0.29, 0.717) is 18.7 Å². The van der Waals surface area contributed by atoms with Crippen LogP contribution in [0.2, 0.25) is 0 Å². The fourth-order valence-electron chi connectivity index (χ4n) is 1.64. The van der Waals surface area contributed by atoms with Gasteiger partial charge in [-0.1, -0.05) is 0 Å². The van der Waals surface area contributed by atoms with E-state index in [0.717, 1.165) is 0 Å². The molecule has 1 unspecified atom stereocenters. The Morgan fingerprint density at radius 1 is 1.39 bits per heavy atom. The molecular formula is C12H13FN2O3. The van der Waals surface area contributed by atoms with Gasteiger partial charge in [-0.15, -0.1) is 0 Å². The van der Waals surface area contributed by atoms with E-state index in [4.69, 9.17) is 4.74 Å². The van der Waals surface area contributed by atoms with Gasteiger partial charge in [0.05, 0.1) is 13.2 Å². The van der Waals surface area contributed by atoms with Gasteiger partial charge in [-0.2, -0.15) is 0 Å². The predicted molar refractivity (Wildman–Crippen MR) is 62.4 cm³/mol. The van der Waals surface area contributed by atoms with E-state index in [9.17, 15) is 14.0 Å². The fourth-order valence-corrected chi connectivity index (χ4v) is 1.64. The third kappa shape index (κ3) is 3.27. The maximum Gasteiger partial charge on any atom is 0.323 e. The molecule has 1 atom stereocenters. The molecule has 1 fully saturated rings. The van der Waals surface area contributed by atoms with Gasteiger partial charge in [0.2, 0.25) is 5.91 Å². The highest BCUT2D eigenvalue weighted by Gasteiger charge is 2.26. The Kier molecular flexibility index (Phi) is 3.88. The zero-order valence-electron chi connectivity index (χ0n) is 9.61. The third-order valence-electron chi connectivity index (χ3n) is 2.57. The van der Waals surface area contributed by atoms with Gasteiger partial charge in [-0.3, -0.25) is 14.9 Å². The van der Waals surface area contributed by atoms with Crippen LogP contribution in [0.3, 0.4) is 0 Å². The summed E-state index contributed by atoms with van der Waals surface area (Å²) in [5.41, 5.74) is 0.511. The van der Waals surface area contributed by atoms with Crippen LogP contribution < -0.4 is 10.6 Å². The van der Waals surface area contributed by atoms with Gasteiger partial charge in [0.15, 0.2) is 0 Å². The third-order valence-corrected chi connectivity index (χ3v) is 2.57. The Hall–Kier alpha value is -1.95. The average Bonchev–Trinajstić information content (AvgIpc) is 2.75. The van der Waals surface area contributed by atoms with E-state index in [-0.39, 0.29) is 24.2 Å². The molecule has 0 saturated carbocycles.